The van der Waals surface area contributed by atoms with E-state index in [-0.39, 0.29) is 0 Å². The van der Waals surface area contributed by atoms with E-state index in [9.17, 15) is 0 Å². The smallest absolute Gasteiger partial charge is 0.149 e. The van der Waals surface area contributed by atoms with Crippen molar-refractivity contribution in [3.05, 3.63) is 35.5 Å². The van der Waals surface area contributed by atoms with Crippen LogP contribution in [0.25, 0.3) is 0 Å². The normalized spacial score (nSPS) is 10.3. The van der Waals surface area contributed by atoms with Crippen molar-refractivity contribution in [1.29, 1.82) is 0 Å². The van der Waals surface area contributed by atoms with Gasteiger partial charge < -0.3 is 5.32 Å². The Hall–Kier alpha value is -1.62. The number of hydrogen-bond acceptors (Lipinski definition) is 4. The maximum Gasteiger partial charge on any atom is 0.149 e. The highest BCUT2D eigenvalue weighted by Crippen LogP contribution is 2.07. The topological polar surface area (TPSA) is 66.5 Å². The molecule has 0 radical (unpaired) electrons. The lowest BCUT2D eigenvalue weighted by atomic mass is 10.2. The predicted octanol–water partition coefficient (Wildman–Crippen LogP) is 1.90. The zero-order valence-corrected chi connectivity index (χ0v) is 9.41. The molecule has 0 amide bonds. The van der Waals surface area contributed by atoms with Gasteiger partial charge in [0, 0.05) is 12.7 Å². The summed E-state index contributed by atoms with van der Waals surface area (Å²) in [6.07, 6.45) is 8.89. The quantitative estimate of drug-likeness (QED) is 0.780. The molecule has 2 N–H and O–H groups in total. The SMILES string of the molecule is Clc1cncc(NCCCc2cn[nH]c2)n1. The molecule has 0 unspecified atom stereocenters. The van der Waals surface area contributed by atoms with Gasteiger partial charge in [0.2, 0.25) is 0 Å². The Bertz CT molecular complexity index is 429. The van der Waals surface area contributed by atoms with E-state index in [1.54, 1.807) is 6.20 Å². The number of nitrogens with zero attached hydrogens (tertiary/aromatic N) is 3. The molecule has 5 nitrogen and oxygen atoms in total. The van der Waals surface area contributed by atoms with E-state index in [2.05, 4.69) is 25.5 Å². The highest BCUT2D eigenvalue weighted by atomic mass is 35.5. The van der Waals surface area contributed by atoms with Crippen LogP contribution in [0.2, 0.25) is 5.15 Å². The number of anilines is 1. The molecule has 0 aromatic carbocycles. The number of aryl methyl sites for hydroxylation is 1. The third kappa shape index (κ3) is 3.20. The van der Waals surface area contributed by atoms with Crippen molar-refractivity contribution in [2.24, 2.45) is 0 Å². The van der Waals surface area contributed by atoms with Gasteiger partial charge in [0.15, 0.2) is 0 Å². The maximum atomic E-state index is 5.71. The summed E-state index contributed by atoms with van der Waals surface area (Å²) in [5.74, 6) is 0.708. The highest BCUT2D eigenvalue weighted by molar-refractivity contribution is 6.29. The van der Waals surface area contributed by atoms with Crippen molar-refractivity contribution < 1.29 is 0 Å². The lowest BCUT2D eigenvalue weighted by Gasteiger charge is -2.03. The molecule has 16 heavy (non-hydrogen) atoms. The van der Waals surface area contributed by atoms with Gasteiger partial charge in [-0.1, -0.05) is 11.6 Å². The van der Waals surface area contributed by atoms with Gasteiger partial charge in [-0.15, -0.1) is 0 Å². The van der Waals surface area contributed by atoms with Crippen molar-refractivity contribution in [3.8, 4) is 0 Å². The average Bonchev–Trinajstić information content (AvgIpc) is 2.77. The van der Waals surface area contributed by atoms with Gasteiger partial charge in [0.1, 0.15) is 11.0 Å². The molecule has 6 heteroatoms. The fraction of sp³-hybridized carbons (Fsp3) is 0.300. The molecule has 0 aliphatic carbocycles. The summed E-state index contributed by atoms with van der Waals surface area (Å²) in [5.41, 5.74) is 1.21. The summed E-state index contributed by atoms with van der Waals surface area (Å²) in [6.45, 7) is 0.834. The molecule has 0 saturated heterocycles. The van der Waals surface area contributed by atoms with E-state index in [0.717, 1.165) is 19.4 Å². The Morgan fingerprint density at radius 1 is 1.31 bits per heavy atom. The Kier molecular flexibility index (Phi) is 3.71. The molecular formula is C10H12ClN5. The predicted molar refractivity (Wildman–Crippen MR) is 62.4 cm³/mol. The lowest BCUT2D eigenvalue weighted by Crippen LogP contribution is -2.04. The number of rotatable bonds is 5. The second kappa shape index (κ2) is 5.46. The average molecular weight is 238 g/mol. The lowest BCUT2D eigenvalue weighted by molar-refractivity contribution is 0.858. The van der Waals surface area contributed by atoms with E-state index in [1.165, 1.54) is 11.8 Å². The van der Waals surface area contributed by atoms with Crippen molar-refractivity contribution in [3.63, 3.8) is 0 Å². The molecule has 0 bridgehead atoms. The molecule has 0 fully saturated rings. The number of hydrogen-bond donors (Lipinski definition) is 2. The van der Waals surface area contributed by atoms with Crippen LogP contribution in [0.1, 0.15) is 12.0 Å². The van der Waals surface area contributed by atoms with E-state index in [4.69, 9.17) is 11.6 Å². The fourth-order valence-electron chi connectivity index (χ4n) is 1.35. The van der Waals surface area contributed by atoms with E-state index < -0.39 is 0 Å². The molecule has 0 spiro atoms. The monoisotopic (exact) mass is 237 g/mol. The van der Waals surface area contributed by atoms with Crippen molar-refractivity contribution in [2.45, 2.75) is 12.8 Å². The third-order valence-electron chi connectivity index (χ3n) is 2.11. The van der Waals surface area contributed by atoms with Crippen LogP contribution in [0.15, 0.2) is 24.8 Å². The fourth-order valence-corrected chi connectivity index (χ4v) is 1.50. The molecule has 2 heterocycles. The first kappa shape index (κ1) is 10.9. The minimum absolute atomic E-state index is 0.403. The minimum atomic E-state index is 0.403. The first-order valence-corrected chi connectivity index (χ1v) is 5.41. The largest absolute Gasteiger partial charge is 0.369 e. The molecule has 0 aliphatic rings. The van der Waals surface area contributed by atoms with Crippen LogP contribution in [0.3, 0.4) is 0 Å². The van der Waals surface area contributed by atoms with Gasteiger partial charge in [-0.05, 0) is 18.4 Å². The standard InChI is InChI=1S/C10H12ClN5/c11-9-6-12-7-10(16-9)13-3-1-2-8-4-14-15-5-8/h4-7H,1-3H2,(H,13,16)(H,14,15). The Labute approximate surface area is 98.3 Å². The summed E-state index contributed by atoms with van der Waals surface area (Å²) >= 11 is 5.71. The van der Waals surface area contributed by atoms with E-state index >= 15 is 0 Å². The third-order valence-corrected chi connectivity index (χ3v) is 2.29. The van der Waals surface area contributed by atoms with Gasteiger partial charge in [-0.3, -0.25) is 10.1 Å². The molecule has 0 aliphatic heterocycles. The number of nitrogens with one attached hydrogen (secondary N) is 2. The first-order chi connectivity index (χ1) is 7.84. The molecule has 84 valence electrons. The zero-order valence-electron chi connectivity index (χ0n) is 8.65. The summed E-state index contributed by atoms with van der Waals surface area (Å²) in [4.78, 5) is 8.02. The highest BCUT2D eigenvalue weighted by Gasteiger charge is 1.97. The Morgan fingerprint density at radius 2 is 2.25 bits per heavy atom. The van der Waals surface area contributed by atoms with Crippen molar-refractivity contribution >= 4 is 17.4 Å². The summed E-state index contributed by atoms with van der Waals surface area (Å²) in [6, 6.07) is 0. The second-order valence-electron chi connectivity index (χ2n) is 3.36. The first-order valence-electron chi connectivity index (χ1n) is 5.03. The van der Waals surface area contributed by atoms with Crippen molar-refractivity contribution in [1.82, 2.24) is 20.2 Å². The number of halogens is 1. The van der Waals surface area contributed by atoms with Crippen LogP contribution in [0.5, 0.6) is 0 Å². The summed E-state index contributed by atoms with van der Waals surface area (Å²) in [7, 11) is 0. The minimum Gasteiger partial charge on any atom is -0.369 e. The molecular weight excluding hydrogens is 226 g/mol. The van der Waals surface area contributed by atoms with E-state index in [1.807, 2.05) is 12.4 Å². The van der Waals surface area contributed by atoms with Crippen molar-refractivity contribution in [2.75, 3.05) is 11.9 Å². The zero-order chi connectivity index (χ0) is 11.2. The van der Waals surface area contributed by atoms with Gasteiger partial charge in [0.05, 0.1) is 18.6 Å². The van der Waals surface area contributed by atoms with Gasteiger partial charge in [0.25, 0.3) is 0 Å². The summed E-state index contributed by atoms with van der Waals surface area (Å²) in [5, 5.41) is 10.2. The molecule has 0 atom stereocenters. The number of aromatic nitrogens is 4. The number of aromatic amines is 1. The van der Waals surface area contributed by atoms with Crippen LogP contribution in [0, 0.1) is 0 Å². The number of H-pyrrole nitrogens is 1. The van der Waals surface area contributed by atoms with Gasteiger partial charge in [-0.2, -0.15) is 5.10 Å². The van der Waals surface area contributed by atoms with Crippen LogP contribution < -0.4 is 5.32 Å². The van der Waals surface area contributed by atoms with Gasteiger partial charge >= 0.3 is 0 Å². The van der Waals surface area contributed by atoms with Crippen LogP contribution in [-0.2, 0) is 6.42 Å². The Balaban J connectivity index is 1.72. The van der Waals surface area contributed by atoms with Crippen LogP contribution in [-0.4, -0.2) is 26.7 Å². The molecule has 2 rings (SSSR count). The van der Waals surface area contributed by atoms with Crippen LogP contribution in [0.4, 0.5) is 5.82 Å². The maximum absolute atomic E-state index is 5.71. The molecule has 0 saturated carbocycles. The van der Waals surface area contributed by atoms with E-state index in [0.29, 0.717) is 11.0 Å². The molecule has 2 aromatic heterocycles. The summed E-state index contributed by atoms with van der Waals surface area (Å²) < 4.78 is 0. The molecule has 2 aromatic rings. The second-order valence-corrected chi connectivity index (χ2v) is 3.75. The Morgan fingerprint density at radius 3 is 3.00 bits per heavy atom. The van der Waals surface area contributed by atoms with Crippen LogP contribution >= 0.6 is 11.6 Å². The van der Waals surface area contributed by atoms with Gasteiger partial charge in [-0.25, -0.2) is 4.98 Å².